The van der Waals surface area contributed by atoms with Crippen LogP contribution in [-0.4, -0.2) is 64.2 Å². The molecule has 0 fully saturated rings. The van der Waals surface area contributed by atoms with E-state index < -0.39 is 12.1 Å². The Morgan fingerprint density at radius 1 is 1.19 bits per heavy atom. The van der Waals surface area contributed by atoms with Crippen LogP contribution in [0.1, 0.15) is 36.8 Å². The number of nitrogens with zero attached hydrogens (tertiary/aromatic N) is 3. The number of aromatic nitrogens is 1. The minimum absolute atomic E-state index is 0.136. The van der Waals surface area contributed by atoms with Crippen LogP contribution in [0.15, 0.2) is 12.3 Å². The first-order chi connectivity index (χ1) is 12.3. The van der Waals surface area contributed by atoms with Crippen molar-refractivity contribution in [3.05, 3.63) is 28.5 Å². The Labute approximate surface area is 157 Å². The Morgan fingerprint density at radius 2 is 1.85 bits per heavy atom. The molecule has 0 saturated carbocycles. The quantitative estimate of drug-likeness (QED) is 0.621. The van der Waals surface area contributed by atoms with Crippen LogP contribution in [0, 0.1) is 0 Å². The fourth-order valence-corrected chi connectivity index (χ4v) is 2.49. The van der Waals surface area contributed by atoms with Gasteiger partial charge in [0.2, 0.25) is 0 Å². The van der Waals surface area contributed by atoms with Gasteiger partial charge in [0.05, 0.1) is 16.3 Å². The molecule has 0 aliphatic heterocycles. The second kappa shape index (κ2) is 10.4. The van der Waals surface area contributed by atoms with Gasteiger partial charge in [0.25, 0.3) is 5.91 Å². The second-order valence-corrected chi connectivity index (χ2v) is 5.68. The van der Waals surface area contributed by atoms with Crippen LogP contribution in [0.3, 0.4) is 0 Å². The number of hydrogen-bond acceptors (Lipinski definition) is 4. The molecule has 26 heavy (non-hydrogen) atoms. The standard InChI is InChI=1S/C16H24ClN5O4/c1-4-21(5-2)14(23)11-9-12(17)13(19-10-11)7-8-18-15(24)22(6-3)20-16(25)26/h9-10,20H,4-8H2,1-3H3,(H,18,24)(H,25,26). The van der Waals surface area contributed by atoms with Gasteiger partial charge in [0.1, 0.15) is 0 Å². The molecule has 9 nitrogen and oxygen atoms in total. The summed E-state index contributed by atoms with van der Waals surface area (Å²) in [6.45, 7) is 7.02. The fourth-order valence-electron chi connectivity index (χ4n) is 2.23. The van der Waals surface area contributed by atoms with Gasteiger partial charge in [0.15, 0.2) is 0 Å². The average Bonchev–Trinajstić information content (AvgIpc) is 2.61. The Kier molecular flexibility index (Phi) is 8.63. The molecule has 0 radical (unpaired) electrons. The van der Waals surface area contributed by atoms with Crippen LogP contribution in [0.4, 0.5) is 9.59 Å². The maximum absolute atomic E-state index is 12.3. The van der Waals surface area contributed by atoms with Crippen LogP contribution in [0.5, 0.6) is 0 Å². The van der Waals surface area contributed by atoms with E-state index in [-0.39, 0.29) is 19.0 Å². The summed E-state index contributed by atoms with van der Waals surface area (Å²) in [6, 6.07) is 0.996. The highest BCUT2D eigenvalue weighted by atomic mass is 35.5. The van der Waals surface area contributed by atoms with E-state index in [0.29, 0.717) is 35.8 Å². The van der Waals surface area contributed by atoms with Crippen molar-refractivity contribution in [3.8, 4) is 0 Å². The normalized spacial score (nSPS) is 10.2. The van der Waals surface area contributed by atoms with Crippen molar-refractivity contribution in [3.63, 3.8) is 0 Å². The molecule has 0 spiro atoms. The molecular formula is C16H24ClN5O4. The molecule has 1 aromatic heterocycles. The van der Waals surface area contributed by atoms with Crippen LogP contribution in [0.25, 0.3) is 0 Å². The molecular weight excluding hydrogens is 362 g/mol. The van der Waals surface area contributed by atoms with Gasteiger partial charge in [-0.05, 0) is 26.8 Å². The molecule has 0 aliphatic rings. The summed E-state index contributed by atoms with van der Waals surface area (Å²) in [5.41, 5.74) is 2.94. The summed E-state index contributed by atoms with van der Waals surface area (Å²) in [5, 5.41) is 12.5. The molecule has 0 unspecified atom stereocenters. The number of carbonyl (C=O) groups excluding carboxylic acids is 2. The number of rotatable bonds is 7. The molecule has 4 amide bonds. The van der Waals surface area contributed by atoms with Gasteiger partial charge in [-0.25, -0.2) is 20.0 Å². The highest BCUT2D eigenvalue weighted by Crippen LogP contribution is 2.17. The van der Waals surface area contributed by atoms with E-state index in [1.165, 1.54) is 6.20 Å². The van der Waals surface area contributed by atoms with Gasteiger partial charge in [-0.3, -0.25) is 9.78 Å². The number of pyridine rings is 1. The lowest BCUT2D eigenvalue weighted by atomic mass is 10.2. The summed E-state index contributed by atoms with van der Waals surface area (Å²) >= 11 is 6.19. The van der Waals surface area contributed by atoms with E-state index in [1.807, 2.05) is 19.3 Å². The third kappa shape index (κ3) is 6.07. The fraction of sp³-hybridized carbons (Fsp3) is 0.500. The number of hydrogen-bond donors (Lipinski definition) is 3. The lowest BCUT2D eigenvalue weighted by Gasteiger charge is -2.20. The van der Waals surface area contributed by atoms with Crippen molar-refractivity contribution in [2.75, 3.05) is 26.2 Å². The zero-order valence-corrected chi connectivity index (χ0v) is 15.8. The molecule has 10 heteroatoms. The van der Waals surface area contributed by atoms with Gasteiger partial charge in [-0.2, -0.15) is 0 Å². The molecule has 1 rings (SSSR count). The first-order valence-corrected chi connectivity index (χ1v) is 8.70. The summed E-state index contributed by atoms with van der Waals surface area (Å²) in [5.74, 6) is -0.136. The number of urea groups is 1. The van der Waals surface area contributed by atoms with E-state index in [2.05, 4.69) is 10.3 Å². The largest absolute Gasteiger partial charge is 0.464 e. The van der Waals surface area contributed by atoms with Gasteiger partial charge < -0.3 is 15.3 Å². The van der Waals surface area contributed by atoms with Crippen LogP contribution < -0.4 is 10.7 Å². The van der Waals surface area contributed by atoms with Gasteiger partial charge in [-0.15, -0.1) is 0 Å². The zero-order chi connectivity index (χ0) is 19.7. The van der Waals surface area contributed by atoms with Crippen molar-refractivity contribution in [1.82, 2.24) is 25.6 Å². The van der Waals surface area contributed by atoms with Crippen LogP contribution in [-0.2, 0) is 6.42 Å². The van der Waals surface area contributed by atoms with Crippen molar-refractivity contribution in [2.24, 2.45) is 0 Å². The minimum atomic E-state index is -1.32. The third-order valence-corrected chi connectivity index (χ3v) is 3.97. The van der Waals surface area contributed by atoms with E-state index in [4.69, 9.17) is 16.7 Å². The monoisotopic (exact) mass is 385 g/mol. The van der Waals surface area contributed by atoms with E-state index in [0.717, 1.165) is 5.01 Å². The Balaban J connectivity index is 2.65. The topological polar surface area (TPSA) is 115 Å². The van der Waals surface area contributed by atoms with Crippen molar-refractivity contribution < 1.29 is 19.5 Å². The molecule has 0 saturated heterocycles. The number of carboxylic acid groups (broad SMARTS) is 1. The van der Waals surface area contributed by atoms with Crippen LogP contribution >= 0.6 is 11.6 Å². The molecule has 0 aromatic carbocycles. The Morgan fingerprint density at radius 3 is 2.35 bits per heavy atom. The predicted molar refractivity (Wildman–Crippen MR) is 97.1 cm³/mol. The first-order valence-electron chi connectivity index (χ1n) is 8.32. The number of hydrazine groups is 1. The predicted octanol–water partition coefficient (Wildman–Crippen LogP) is 1.97. The zero-order valence-electron chi connectivity index (χ0n) is 15.1. The van der Waals surface area contributed by atoms with Gasteiger partial charge in [-0.1, -0.05) is 11.6 Å². The molecule has 0 aliphatic carbocycles. The lowest BCUT2D eigenvalue weighted by molar-refractivity contribution is 0.0772. The van der Waals surface area contributed by atoms with E-state index in [9.17, 15) is 14.4 Å². The Hall–Kier alpha value is -2.55. The maximum atomic E-state index is 12.3. The molecule has 1 aromatic rings. The van der Waals surface area contributed by atoms with Gasteiger partial charge >= 0.3 is 12.1 Å². The van der Waals surface area contributed by atoms with Crippen LogP contribution in [0.2, 0.25) is 5.02 Å². The molecule has 0 atom stereocenters. The minimum Gasteiger partial charge on any atom is -0.464 e. The van der Waals surface area contributed by atoms with Crippen molar-refractivity contribution >= 4 is 29.6 Å². The second-order valence-electron chi connectivity index (χ2n) is 5.27. The lowest BCUT2D eigenvalue weighted by Crippen LogP contribution is -2.50. The molecule has 0 bridgehead atoms. The van der Waals surface area contributed by atoms with Crippen molar-refractivity contribution in [1.29, 1.82) is 0 Å². The smallest absolute Gasteiger partial charge is 0.423 e. The number of halogens is 1. The molecule has 144 valence electrons. The number of carbonyl (C=O) groups is 3. The highest BCUT2D eigenvalue weighted by Gasteiger charge is 2.16. The molecule has 1 heterocycles. The summed E-state index contributed by atoms with van der Waals surface area (Å²) in [4.78, 5) is 40.6. The number of nitrogens with one attached hydrogen (secondary N) is 2. The van der Waals surface area contributed by atoms with E-state index in [1.54, 1.807) is 17.9 Å². The van der Waals surface area contributed by atoms with E-state index >= 15 is 0 Å². The molecule has 3 N–H and O–H groups in total. The number of amides is 4. The maximum Gasteiger partial charge on any atom is 0.423 e. The third-order valence-electron chi connectivity index (χ3n) is 3.64. The average molecular weight is 386 g/mol. The SMILES string of the molecule is CCN(CC)C(=O)c1cnc(CCNC(=O)N(CC)NC(=O)O)c(Cl)c1. The summed E-state index contributed by atoms with van der Waals surface area (Å²) in [6.07, 6.45) is 0.489. The Bertz CT molecular complexity index is 652. The summed E-state index contributed by atoms with van der Waals surface area (Å²) in [7, 11) is 0. The first kappa shape index (κ1) is 21.5. The highest BCUT2D eigenvalue weighted by molar-refractivity contribution is 6.31. The summed E-state index contributed by atoms with van der Waals surface area (Å²) < 4.78 is 0. The van der Waals surface area contributed by atoms with Crippen molar-refractivity contribution in [2.45, 2.75) is 27.2 Å². The van der Waals surface area contributed by atoms with Gasteiger partial charge in [0, 0.05) is 38.8 Å².